The van der Waals surface area contributed by atoms with Crippen molar-refractivity contribution < 1.29 is 17.9 Å². The third-order valence-electron chi connectivity index (χ3n) is 5.38. The van der Waals surface area contributed by atoms with Crippen molar-refractivity contribution in [3.8, 4) is 0 Å². The van der Waals surface area contributed by atoms with Crippen LogP contribution in [0.4, 0.5) is 0 Å². The topological polar surface area (TPSA) is 75.7 Å². The highest BCUT2D eigenvalue weighted by Crippen LogP contribution is 2.23. The van der Waals surface area contributed by atoms with Crippen LogP contribution in [-0.4, -0.2) is 51.6 Å². The molecule has 1 saturated heterocycles. The standard InChI is InChI=1S/C19H28N2O4S/c1-21(16-6-3-2-4-7-16)19(22)15-9-11-18(12-10-15)26(23,24)20-14-17-8-5-13-25-17/h9-12,16-17,20H,2-8,13-14H2,1H3. The number of amides is 1. The zero-order chi connectivity index (χ0) is 18.6. The summed E-state index contributed by atoms with van der Waals surface area (Å²) < 4.78 is 32.8. The summed E-state index contributed by atoms with van der Waals surface area (Å²) in [6, 6.07) is 6.48. The third kappa shape index (κ3) is 4.64. The maximum atomic E-state index is 12.6. The van der Waals surface area contributed by atoms with Crippen LogP contribution in [0.2, 0.25) is 0 Å². The monoisotopic (exact) mass is 380 g/mol. The third-order valence-corrected chi connectivity index (χ3v) is 6.82. The summed E-state index contributed by atoms with van der Waals surface area (Å²) in [5, 5.41) is 0. The molecule has 1 saturated carbocycles. The van der Waals surface area contributed by atoms with Crippen LogP contribution in [0.15, 0.2) is 29.2 Å². The fourth-order valence-corrected chi connectivity index (χ4v) is 4.77. The van der Waals surface area contributed by atoms with Gasteiger partial charge in [-0.1, -0.05) is 19.3 Å². The molecule has 6 nitrogen and oxygen atoms in total. The molecule has 1 unspecified atom stereocenters. The van der Waals surface area contributed by atoms with Gasteiger partial charge in [0.2, 0.25) is 10.0 Å². The highest BCUT2D eigenvalue weighted by Gasteiger charge is 2.24. The van der Waals surface area contributed by atoms with Crippen molar-refractivity contribution >= 4 is 15.9 Å². The Hall–Kier alpha value is -1.44. The predicted octanol–water partition coefficient (Wildman–Crippen LogP) is 2.55. The summed E-state index contributed by atoms with van der Waals surface area (Å²) in [4.78, 5) is 14.6. The summed E-state index contributed by atoms with van der Waals surface area (Å²) in [6.45, 7) is 0.977. The Balaban J connectivity index is 1.62. The molecular formula is C19H28N2O4S. The molecule has 1 N–H and O–H groups in total. The van der Waals surface area contributed by atoms with Gasteiger partial charge in [-0.25, -0.2) is 13.1 Å². The molecule has 3 rings (SSSR count). The number of hydrogen-bond donors (Lipinski definition) is 1. The molecule has 7 heteroatoms. The SMILES string of the molecule is CN(C(=O)c1ccc(S(=O)(=O)NCC2CCCO2)cc1)C1CCCCC1. The smallest absolute Gasteiger partial charge is 0.253 e. The van der Waals surface area contributed by atoms with Gasteiger partial charge in [0.25, 0.3) is 5.91 Å². The second-order valence-corrected chi connectivity index (χ2v) is 8.99. The summed E-state index contributed by atoms with van der Waals surface area (Å²) in [6.07, 6.45) is 7.45. The van der Waals surface area contributed by atoms with Gasteiger partial charge < -0.3 is 9.64 Å². The van der Waals surface area contributed by atoms with Gasteiger partial charge in [0.05, 0.1) is 11.0 Å². The quantitative estimate of drug-likeness (QED) is 0.823. The second kappa shape index (κ2) is 8.50. The Bertz CT molecular complexity index is 706. The maximum Gasteiger partial charge on any atom is 0.253 e. The molecule has 26 heavy (non-hydrogen) atoms. The molecule has 2 fully saturated rings. The van der Waals surface area contributed by atoms with E-state index < -0.39 is 10.0 Å². The lowest BCUT2D eigenvalue weighted by molar-refractivity contribution is 0.0696. The van der Waals surface area contributed by atoms with E-state index in [1.54, 1.807) is 17.0 Å². The zero-order valence-electron chi connectivity index (χ0n) is 15.3. The summed E-state index contributed by atoms with van der Waals surface area (Å²) in [7, 11) is -1.75. The van der Waals surface area contributed by atoms with E-state index in [1.165, 1.54) is 18.6 Å². The number of nitrogens with one attached hydrogen (secondary N) is 1. The Kier molecular flexibility index (Phi) is 6.32. The van der Waals surface area contributed by atoms with Gasteiger partial charge >= 0.3 is 0 Å². The van der Waals surface area contributed by atoms with Crippen LogP contribution >= 0.6 is 0 Å². The number of sulfonamides is 1. The molecular weight excluding hydrogens is 352 g/mol. The molecule has 144 valence electrons. The van der Waals surface area contributed by atoms with Crippen LogP contribution in [0.3, 0.4) is 0 Å². The number of benzene rings is 1. The van der Waals surface area contributed by atoms with Gasteiger partial charge in [-0.3, -0.25) is 4.79 Å². The number of carbonyl (C=O) groups excluding carboxylic acids is 1. The van der Waals surface area contributed by atoms with Gasteiger partial charge in [0, 0.05) is 31.8 Å². The van der Waals surface area contributed by atoms with Crippen molar-refractivity contribution in [2.24, 2.45) is 0 Å². The second-order valence-electron chi connectivity index (χ2n) is 7.22. The lowest BCUT2D eigenvalue weighted by Gasteiger charge is -2.31. The molecule has 1 amide bonds. The Morgan fingerprint density at radius 1 is 1.12 bits per heavy atom. The van der Waals surface area contributed by atoms with Crippen molar-refractivity contribution in [2.45, 2.75) is 62.0 Å². The zero-order valence-corrected chi connectivity index (χ0v) is 16.1. The summed E-state index contributed by atoms with van der Waals surface area (Å²) >= 11 is 0. The van der Waals surface area contributed by atoms with Crippen molar-refractivity contribution in [2.75, 3.05) is 20.2 Å². The van der Waals surface area contributed by atoms with E-state index in [9.17, 15) is 13.2 Å². The summed E-state index contributed by atoms with van der Waals surface area (Å²) in [5.74, 6) is -0.0480. The Morgan fingerprint density at radius 3 is 2.42 bits per heavy atom. The van der Waals surface area contributed by atoms with Gasteiger partial charge in [-0.05, 0) is 49.9 Å². The van der Waals surface area contributed by atoms with Crippen LogP contribution < -0.4 is 4.72 Å². The van der Waals surface area contributed by atoms with Crippen LogP contribution in [0.1, 0.15) is 55.3 Å². The van der Waals surface area contributed by atoms with Crippen molar-refractivity contribution in [1.29, 1.82) is 0 Å². The van der Waals surface area contributed by atoms with Crippen molar-refractivity contribution in [3.63, 3.8) is 0 Å². The number of hydrogen-bond acceptors (Lipinski definition) is 4. The van der Waals surface area contributed by atoms with Gasteiger partial charge in [0.15, 0.2) is 0 Å². The van der Waals surface area contributed by atoms with Crippen LogP contribution in [0, 0.1) is 0 Å². The number of rotatable bonds is 6. The molecule has 0 radical (unpaired) electrons. The van der Waals surface area contributed by atoms with E-state index in [0.717, 1.165) is 38.5 Å². The first-order valence-electron chi connectivity index (χ1n) is 9.46. The van der Waals surface area contributed by atoms with Gasteiger partial charge in [0.1, 0.15) is 0 Å². The fourth-order valence-electron chi connectivity index (χ4n) is 3.71. The van der Waals surface area contributed by atoms with Crippen molar-refractivity contribution in [1.82, 2.24) is 9.62 Å². The molecule has 1 aromatic carbocycles. The summed E-state index contributed by atoms with van der Waals surface area (Å²) in [5.41, 5.74) is 0.524. The molecule has 1 aliphatic carbocycles. The molecule has 1 atom stereocenters. The average molecular weight is 381 g/mol. The number of carbonyl (C=O) groups is 1. The molecule has 1 aromatic rings. The normalized spacial score (nSPS) is 21.7. The van der Waals surface area contributed by atoms with E-state index in [1.807, 2.05) is 7.05 Å². The minimum Gasteiger partial charge on any atom is -0.377 e. The lowest BCUT2D eigenvalue weighted by Crippen LogP contribution is -2.38. The predicted molar refractivity (Wildman–Crippen MR) is 99.6 cm³/mol. The number of nitrogens with zero attached hydrogens (tertiary/aromatic N) is 1. The van der Waals surface area contributed by atoms with Crippen LogP contribution in [0.5, 0.6) is 0 Å². The minimum atomic E-state index is -3.59. The first-order valence-corrected chi connectivity index (χ1v) is 10.9. The van der Waals surface area contributed by atoms with E-state index in [4.69, 9.17) is 4.74 Å². The highest BCUT2D eigenvalue weighted by molar-refractivity contribution is 7.89. The van der Waals surface area contributed by atoms with E-state index >= 15 is 0 Å². The largest absolute Gasteiger partial charge is 0.377 e. The highest BCUT2D eigenvalue weighted by atomic mass is 32.2. The van der Waals surface area contributed by atoms with Gasteiger partial charge in [-0.2, -0.15) is 0 Å². The fraction of sp³-hybridized carbons (Fsp3) is 0.632. The van der Waals surface area contributed by atoms with Gasteiger partial charge in [-0.15, -0.1) is 0 Å². The molecule has 0 aromatic heterocycles. The lowest BCUT2D eigenvalue weighted by atomic mass is 9.94. The van der Waals surface area contributed by atoms with E-state index in [2.05, 4.69) is 4.72 Å². The molecule has 1 heterocycles. The molecule has 0 bridgehead atoms. The van der Waals surface area contributed by atoms with E-state index in [0.29, 0.717) is 12.2 Å². The maximum absolute atomic E-state index is 12.6. The Labute approximate surface area is 156 Å². The minimum absolute atomic E-state index is 0.0465. The first-order chi connectivity index (χ1) is 12.5. The molecule has 2 aliphatic rings. The van der Waals surface area contributed by atoms with Crippen molar-refractivity contribution in [3.05, 3.63) is 29.8 Å². The number of ether oxygens (including phenoxy) is 1. The molecule has 1 aliphatic heterocycles. The average Bonchev–Trinajstić information content (AvgIpc) is 3.20. The first kappa shape index (κ1) is 19.3. The molecule has 0 spiro atoms. The van der Waals surface area contributed by atoms with Crippen LogP contribution in [-0.2, 0) is 14.8 Å². The van der Waals surface area contributed by atoms with Crippen LogP contribution in [0.25, 0.3) is 0 Å². The Morgan fingerprint density at radius 2 is 1.81 bits per heavy atom. The van der Waals surface area contributed by atoms with E-state index in [-0.39, 0.29) is 29.5 Å².